The Kier molecular flexibility index (Phi) is 4.63. The highest BCUT2D eigenvalue weighted by atomic mass is 16.5. The molecule has 0 spiro atoms. The summed E-state index contributed by atoms with van der Waals surface area (Å²) in [7, 11) is 0. The van der Waals surface area contributed by atoms with E-state index in [1.165, 1.54) is 0 Å². The summed E-state index contributed by atoms with van der Waals surface area (Å²) < 4.78 is 10.7. The number of carbonyl (C=O) groups is 2. The van der Waals surface area contributed by atoms with Crippen LogP contribution in [0.2, 0.25) is 0 Å². The standard InChI is InChI=1S/C20H25N3O4/c1-2-11-27-16-4-3-15(14-21-16)22-17(24)19(5-6-19)20(7-8-20)18(25)23-9-12-26-13-10-23/h2-4,14H,1,5-13H2,(H,22,24). The molecule has 0 bridgehead atoms. The third-order valence-corrected chi connectivity index (χ3v) is 5.90. The first-order valence-corrected chi connectivity index (χ1v) is 9.50. The average Bonchev–Trinajstić information content (AvgIpc) is 3.60. The molecule has 2 saturated carbocycles. The van der Waals surface area contributed by atoms with Crippen molar-refractivity contribution in [3.05, 3.63) is 31.0 Å². The summed E-state index contributed by atoms with van der Waals surface area (Å²) >= 11 is 0. The van der Waals surface area contributed by atoms with Crippen molar-refractivity contribution < 1.29 is 19.1 Å². The van der Waals surface area contributed by atoms with E-state index in [4.69, 9.17) is 9.47 Å². The zero-order valence-electron chi connectivity index (χ0n) is 15.4. The topological polar surface area (TPSA) is 80.8 Å². The summed E-state index contributed by atoms with van der Waals surface area (Å²) in [6.07, 6.45) is 6.35. The molecule has 2 aliphatic carbocycles. The number of nitrogens with zero attached hydrogens (tertiary/aromatic N) is 2. The molecule has 4 rings (SSSR count). The van der Waals surface area contributed by atoms with Gasteiger partial charge in [-0.05, 0) is 31.7 Å². The van der Waals surface area contributed by atoms with E-state index in [0.29, 0.717) is 44.5 Å². The molecular weight excluding hydrogens is 346 g/mol. The van der Waals surface area contributed by atoms with Crippen LogP contribution in [0.3, 0.4) is 0 Å². The van der Waals surface area contributed by atoms with Crippen molar-refractivity contribution in [1.82, 2.24) is 9.88 Å². The van der Waals surface area contributed by atoms with Crippen molar-refractivity contribution in [2.75, 3.05) is 38.2 Å². The number of pyridine rings is 1. The fraction of sp³-hybridized carbons (Fsp3) is 0.550. The Morgan fingerprint density at radius 1 is 1.22 bits per heavy atom. The Morgan fingerprint density at radius 2 is 1.93 bits per heavy atom. The highest BCUT2D eigenvalue weighted by Crippen LogP contribution is 2.71. The lowest BCUT2D eigenvalue weighted by Gasteiger charge is -2.33. The molecule has 2 amide bonds. The Balaban J connectivity index is 1.43. The minimum atomic E-state index is -0.569. The van der Waals surface area contributed by atoms with Gasteiger partial charge in [-0.1, -0.05) is 12.7 Å². The average molecular weight is 371 g/mol. The Hall–Kier alpha value is -2.41. The summed E-state index contributed by atoms with van der Waals surface area (Å²) in [5, 5.41) is 2.96. The Bertz CT molecular complexity index is 732. The smallest absolute Gasteiger partial charge is 0.231 e. The van der Waals surface area contributed by atoms with Crippen LogP contribution in [0.5, 0.6) is 5.88 Å². The summed E-state index contributed by atoms with van der Waals surface area (Å²) in [5.74, 6) is 0.545. The minimum absolute atomic E-state index is 0.0665. The predicted octanol–water partition coefficient (Wildman–Crippen LogP) is 2.00. The van der Waals surface area contributed by atoms with Gasteiger partial charge in [0.15, 0.2) is 0 Å². The number of anilines is 1. The predicted molar refractivity (Wildman–Crippen MR) is 99.3 cm³/mol. The van der Waals surface area contributed by atoms with Crippen LogP contribution in [0.15, 0.2) is 31.0 Å². The van der Waals surface area contributed by atoms with Crippen molar-refractivity contribution in [3.63, 3.8) is 0 Å². The molecule has 3 aliphatic rings. The zero-order chi connectivity index (χ0) is 18.9. The molecule has 27 heavy (non-hydrogen) atoms. The van der Waals surface area contributed by atoms with Gasteiger partial charge >= 0.3 is 0 Å². The van der Waals surface area contributed by atoms with E-state index in [1.54, 1.807) is 24.4 Å². The maximum Gasteiger partial charge on any atom is 0.231 e. The van der Waals surface area contributed by atoms with E-state index in [1.807, 2.05) is 4.90 Å². The molecule has 2 heterocycles. The van der Waals surface area contributed by atoms with Crippen LogP contribution in [-0.2, 0) is 14.3 Å². The number of aromatic nitrogens is 1. The van der Waals surface area contributed by atoms with Crippen molar-refractivity contribution in [1.29, 1.82) is 0 Å². The highest BCUT2D eigenvalue weighted by molar-refractivity contribution is 6.03. The van der Waals surface area contributed by atoms with Crippen LogP contribution >= 0.6 is 0 Å². The number of morpholine rings is 1. The van der Waals surface area contributed by atoms with Crippen LogP contribution in [0.25, 0.3) is 0 Å². The van der Waals surface area contributed by atoms with Crippen LogP contribution in [0.4, 0.5) is 5.69 Å². The van der Waals surface area contributed by atoms with E-state index in [0.717, 1.165) is 25.7 Å². The largest absolute Gasteiger partial charge is 0.473 e. The second-order valence-corrected chi connectivity index (χ2v) is 7.51. The number of rotatable bonds is 7. The third kappa shape index (κ3) is 3.20. The van der Waals surface area contributed by atoms with Gasteiger partial charge in [-0.15, -0.1) is 0 Å². The number of amides is 2. The molecule has 3 fully saturated rings. The Morgan fingerprint density at radius 3 is 2.48 bits per heavy atom. The maximum atomic E-state index is 13.1. The van der Waals surface area contributed by atoms with Crippen LogP contribution in [-0.4, -0.2) is 54.6 Å². The molecule has 1 aliphatic heterocycles. The molecule has 1 aromatic heterocycles. The van der Waals surface area contributed by atoms with E-state index in [-0.39, 0.29) is 11.8 Å². The van der Waals surface area contributed by atoms with Gasteiger partial charge in [0, 0.05) is 19.2 Å². The van der Waals surface area contributed by atoms with Crippen LogP contribution in [0, 0.1) is 10.8 Å². The Labute approximate surface area is 158 Å². The van der Waals surface area contributed by atoms with Crippen molar-refractivity contribution in [2.45, 2.75) is 25.7 Å². The molecule has 0 aromatic carbocycles. The third-order valence-electron chi connectivity index (χ3n) is 5.90. The molecule has 1 saturated heterocycles. The number of nitrogens with one attached hydrogen (secondary N) is 1. The summed E-state index contributed by atoms with van der Waals surface area (Å²) in [4.78, 5) is 32.2. The van der Waals surface area contributed by atoms with Crippen LogP contribution < -0.4 is 10.1 Å². The molecule has 144 valence electrons. The zero-order valence-corrected chi connectivity index (χ0v) is 15.4. The normalized spacial score (nSPS) is 21.9. The molecule has 0 radical (unpaired) electrons. The van der Waals surface area contributed by atoms with E-state index in [9.17, 15) is 9.59 Å². The van der Waals surface area contributed by atoms with Crippen molar-refractivity contribution in [3.8, 4) is 5.88 Å². The highest BCUT2D eigenvalue weighted by Gasteiger charge is 2.73. The molecular formula is C20H25N3O4. The number of carbonyl (C=O) groups excluding carboxylic acids is 2. The summed E-state index contributed by atoms with van der Waals surface area (Å²) in [6, 6.07) is 3.48. The summed E-state index contributed by atoms with van der Waals surface area (Å²) in [6.45, 7) is 6.37. The minimum Gasteiger partial charge on any atom is -0.473 e. The van der Waals surface area contributed by atoms with Gasteiger partial charge in [0.25, 0.3) is 0 Å². The SMILES string of the molecule is C=CCOc1ccc(NC(=O)C2(C3(C(=O)N4CCOCC4)CC3)CC2)cn1. The van der Waals surface area contributed by atoms with Crippen LogP contribution in [0.1, 0.15) is 25.7 Å². The molecule has 0 unspecified atom stereocenters. The number of hydrogen-bond acceptors (Lipinski definition) is 5. The summed E-state index contributed by atoms with van der Waals surface area (Å²) in [5.41, 5.74) is -0.471. The van der Waals surface area contributed by atoms with Crippen molar-refractivity contribution in [2.24, 2.45) is 10.8 Å². The van der Waals surface area contributed by atoms with Crippen molar-refractivity contribution >= 4 is 17.5 Å². The fourth-order valence-corrected chi connectivity index (χ4v) is 4.07. The van der Waals surface area contributed by atoms with Gasteiger partial charge in [0.2, 0.25) is 17.7 Å². The first kappa shape index (κ1) is 18.0. The maximum absolute atomic E-state index is 13.1. The molecule has 1 N–H and O–H groups in total. The van der Waals surface area contributed by atoms with Gasteiger partial charge < -0.3 is 19.7 Å². The quantitative estimate of drug-likeness (QED) is 0.742. The van der Waals surface area contributed by atoms with E-state index >= 15 is 0 Å². The van der Waals surface area contributed by atoms with Gasteiger partial charge in [0.1, 0.15) is 6.61 Å². The lowest BCUT2D eigenvalue weighted by molar-refractivity contribution is -0.147. The lowest BCUT2D eigenvalue weighted by atomic mass is 9.83. The monoisotopic (exact) mass is 371 g/mol. The number of ether oxygens (including phenoxy) is 2. The second-order valence-electron chi connectivity index (χ2n) is 7.51. The van der Waals surface area contributed by atoms with E-state index in [2.05, 4.69) is 16.9 Å². The van der Waals surface area contributed by atoms with Gasteiger partial charge in [0.05, 0.1) is 35.9 Å². The molecule has 0 atom stereocenters. The molecule has 7 heteroatoms. The molecule has 1 aromatic rings. The fourth-order valence-electron chi connectivity index (χ4n) is 4.07. The first-order valence-electron chi connectivity index (χ1n) is 9.50. The van der Waals surface area contributed by atoms with Gasteiger partial charge in [-0.3, -0.25) is 9.59 Å². The second kappa shape index (κ2) is 6.96. The van der Waals surface area contributed by atoms with E-state index < -0.39 is 10.8 Å². The van der Waals surface area contributed by atoms with Gasteiger partial charge in [-0.2, -0.15) is 0 Å². The first-order chi connectivity index (χ1) is 13.1. The van der Waals surface area contributed by atoms with Gasteiger partial charge in [-0.25, -0.2) is 4.98 Å². The lowest BCUT2D eigenvalue weighted by Crippen LogP contribution is -2.49. The number of hydrogen-bond donors (Lipinski definition) is 1. The molecule has 7 nitrogen and oxygen atoms in total.